The van der Waals surface area contributed by atoms with Gasteiger partial charge in [0.25, 0.3) is 10.0 Å². The minimum Gasteiger partial charge on any atom is -0.497 e. The lowest BCUT2D eigenvalue weighted by Crippen LogP contribution is -2.51. The lowest BCUT2D eigenvalue weighted by molar-refractivity contribution is -0.139. The largest absolute Gasteiger partial charge is 0.497 e. The summed E-state index contributed by atoms with van der Waals surface area (Å²) in [5.74, 6) is -0.289. The molecule has 3 aromatic carbocycles. The van der Waals surface area contributed by atoms with Crippen molar-refractivity contribution >= 4 is 43.5 Å². The van der Waals surface area contributed by atoms with Gasteiger partial charge in [-0.15, -0.1) is 0 Å². The first-order valence-corrected chi connectivity index (χ1v) is 14.3. The van der Waals surface area contributed by atoms with Crippen LogP contribution in [-0.4, -0.2) is 51.4 Å². The van der Waals surface area contributed by atoms with Gasteiger partial charge in [0.05, 0.1) is 17.7 Å². The second-order valence-corrected chi connectivity index (χ2v) is 11.5. The zero-order valence-corrected chi connectivity index (χ0v) is 24.3. The van der Waals surface area contributed by atoms with Crippen molar-refractivity contribution in [2.75, 3.05) is 24.5 Å². The van der Waals surface area contributed by atoms with Crippen molar-refractivity contribution in [3.05, 3.63) is 88.4 Å². The molecule has 10 heteroatoms. The van der Waals surface area contributed by atoms with E-state index in [1.54, 1.807) is 50.2 Å². The first-order valence-electron chi connectivity index (χ1n) is 12.1. The van der Waals surface area contributed by atoms with Crippen molar-refractivity contribution in [1.29, 1.82) is 0 Å². The molecule has 0 radical (unpaired) electrons. The van der Waals surface area contributed by atoms with E-state index >= 15 is 0 Å². The van der Waals surface area contributed by atoms with Crippen molar-refractivity contribution in [2.45, 2.75) is 38.3 Å². The van der Waals surface area contributed by atoms with E-state index in [1.807, 2.05) is 31.2 Å². The third-order valence-corrected chi connectivity index (χ3v) is 8.35. The van der Waals surface area contributed by atoms with Gasteiger partial charge < -0.3 is 15.0 Å². The molecule has 1 atom stereocenters. The average Bonchev–Trinajstić information content (AvgIpc) is 2.91. The number of methoxy groups -OCH3 is 1. The maximum atomic E-state index is 13.8. The molecule has 202 valence electrons. The highest BCUT2D eigenvalue weighted by atomic mass is 79.9. The van der Waals surface area contributed by atoms with Gasteiger partial charge in [0.15, 0.2) is 0 Å². The molecule has 0 saturated heterocycles. The Morgan fingerprint density at radius 2 is 1.58 bits per heavy atom. The van der Waals surface area contributed by atoms with Gasteiger partial charge in [-0.3, -0.25) is 13.9 Å². The molecule has 1 N–H and O–H groups in total. The number of likely N-dealkylation sites (N-methyl/N-ethyl adjacent to an activating group) is 1. The van der Waals surface area contributed by atoms with Crippen molar-refractivity contribution in [2.24, 2.45) is 0 Å². The Morgan fingerprint density at radius 1 is 0.974 bits per heavy atom. The van der Waals surface area contributed by atoms with Gasteiger partial charge in [0.2, 0.25) is 11.8 Å². The van der Waals surface area contributed by atoms with Crippen LogP contribution in [0.5, 0.6) is 5.75 Å². The number of rotatable bonds is 11. The number of halogens is 1. The van der Waals surface area contributed by atoms with Crippen LogP contribution < -0.4 is 14.4 Å². The van der Waals surface area contributed by atoms with Crippen LogP contribution in [0.25, 0.3) is 0 Å². The molecule has 2 amide bonds. The average molecular weight is 603 g/mol. The quantitative estimate of drug-likeness (QED) is 0.349. The molecule has 8 nitrogen and oxygen atoms in total. The van der Waals surface area contributed by atoms with E-state index in [9.17, 15) is 18.0 Å². The summed E-state index contributed by atoms with van der Waals surface area (Å²) in [6.07, 6.45) is 0. The van der Waals surface area contributed by atoms with Crippen LogP contribution in [0.2, 0.25) is 0 Å². The number of nitrogens with one attached hydrogen (secondary N) is 1. The van der Waals surface area contributed by atoms with E-state index in [0.717, 1.165) is 19.9 Å². The molecule has 0 aliphatic carbocycles. The van der Waals surface area contributed by atoms with Crippen LogP contribution in [0.3, 0.4) is 0 Å². The number of ether oxygens (including phenoxy) is 1. The standard InChI is InChI=1S/C28H32BrN3O5S/c1-5-30-28(34)21(3)31(18-22-8-10-23(29)11-9-22)27(33)19-32(24-12-14-25(37-4)15-13-24)38(35,36)26-16-6-20(2)7-17-26/h6-17,21H,5,18-19H2,1-4H3,(H,30,34)/t21-/m1/s1. The summed E-state index contributed by atoms with van der Waals surface area (Å²) >= 11 is 3.40. The number of carbonyl (C=O) groups excluding carboxylic acids is 2. The monoisotopic (exact) mass is 601 g/mol. The number of carbonyl (C=O) groups is 2. The Hall–Kier alpha value is -3.37. The van der Waals surface area contributed by atoms with E-state index in [-0.39, 0.29) is 17.3 Å². The molecule has 0 spiro atoms. The predicted octanol–water partition coefficient (Wildman–Crippen LogP) is 4.51. The number of anilines is 1. The lowest BCUT2D eigenvalue weighted by Gasteiger charge is -2.32. The molecule has 0 aliphatic heterocycles. The van der Waals surface area contributed by atoms with Crippen molar-refractivity contribution in [1.82, 2.24) is 10.2 Å². The lowest BCUT2D eigenvalue weighted by atomic mass is 10.1. The van der Waals surface area contributed by atoms with Crippen LogP contribution in [0.15, 0.2) is 82.2 Å². The van der Waals surface area contributed by atoms with Gasteiger partial charge in [0.1, 0.15) is 18.3 Å². The second-order valence-electron chi connectivity index (χ2n) is 8.74. The minimum absolute atomic E-state index is 0.0583. The SMILES string of the molecule is CCNC(=O)[C@@H](C)N(Cc1ccc(Br)cc1)C(=O)CN(c1ccc(OC)cc1)S(=O)(=O)c1ccc(C)cc1. The molecule has 38 heavy (non-hydrogen) atoms. The van der Waals surface area contributed by atoms with Gasteiger partial charge in [-0.25, -0.2) is 8.42 Å². The Morgan fingerprint density at radius 3 is 2.13 bits per heavy atom. The molecular formula is C28H32BrN3O5S. The summed E-state index contributed by atoms with van der Waals surface area (Å²) in [4.78, 5) is 28.0. The summed E-state index contributed by atoms with van der Waals surface area (Å²) in [6.45, 7) is 5.33. The molecule has 0 unspecified atom stereocenters. The van der Waals surface area contributed by atoms with E-state index in [1.165, 1.54) is 24.1 Å². The second kappa shape index (κ2) is 12.9. The predicted molar refractivity (Wildman–Crippen MR) is 152 cm³/mol. The van der Waals surface area contributed by atoms with Gasteiger partial charge in [-0.1, -0.05) is 45.8 Å². The molecule has 0 bridgehead atoms. The van der Waals surface area contributed by atoms with Crippen LogP contribution >= 0.6 is 15.9 Å². The van der Waals surface area contributed by atoms with Gasteiger partial charge in [-0.05, 0) is 74.9 Å². The van der Waals surface area contributed by atoms with Gasteiger partial charge >= 0.3 is 0 Å². The van der Waals surface area contributed by atoms with Crippen LogP contribution in [0, 0.1) is 6.92 Å². The smallest absolute Gasteiger partial charge is 0.264 e. The van der Waals surface area contributed by atoms with E-state index in [4.69, 9.17) is 4.74 Å². The molecule has 0 saturated carbocycles. The summed E-state index contributed by atoms with van der Waals surface area (Å²) in [5, 5.41) is 2.75. The summed E-state index contributed by atoms with van der Waals surface area (Å²) < 4.78 is 34.8. The fraction of sp³-hybridized carbons (Fsp3) is 0.286. The Labute approximate surface area is 232 Å². The minimum atomic E-state index is -4.12. The first-order chi connectivity index (χ1) is 18.1. The number of benzene rings is 3. The Balaban J connectivity index is 2.02. The molecule has 0 fully saturated rings. The van der Waals surface area contributed by atoms with Crippen LogP contribution in [0.4, 0.5) is 5.69 Å². The van der Waals surface area contributed by atoms with Crippen LogP contribution in [-0.2, 0) is 26.2 Å². The van der Waals surface area contributed by atoms with Gasteiger partial charge in [-0.2, -0.15) is 0 Å². The fourth-order valence-corrected chi connectivity index (χ4v) is 5.48. The highest BCUT2D eigenvalue weighted by Crippen LogP contribution is 2.27. The van der Waals surface area contributed by atoms with Crippen molar-refractivity contribution in [3.8, 4) is 5.75 Å². The zero-order valence-electron chi connectivity index (χ0n) is 21.8. The van der Waals surface area contributed by atoms with E-state index < -0.39 is 28.5 Å². The maximum absolute atomic E-state index is 13.8. The molecule has 0 aliphatic rings. The van der Waals surface area contributed by atoms with Crippen molar-refractivity contribution < 1.29 is 22.7 Å². The summed E-state index contributed by atoms with van der Waals surface area (Å²) in [7, 11) is -2.60. The number of sulfonamides is 1. The number of aryl methyl sites for hydroxylation is 1. The Bertz CT molecular complexity index is 1340. The van der Waals surface area contributed by atoms with E-state index in [2.05, 4.69) is 21.2 Å². The third-order valence-electron chi connectivity index (χ3n) is 6.03. The maximum Gasteiger partial charge on any atom is 0.264 e. The number of amides is 2. The zero-order chi connectivity index (χ0) is 27.9. The highest BCUT2D eigenvalue weighted by Gasteiger charge is 2.32. The topological polar surface area (TPSA) is 96.0 Å². The van der Waals surface area contributed by atoms with Gasteiger partial charge in [0, 0.05) is 17.6 Å². The fourth-order valence-electron chi connectivity index (χ4n) is 3.81. The highest BCUT2D eigenvalue weighted by molar-refractivity contribution is 9.10. The molecule has 0 heterocycles. The number of hydrogen-bond donors (Lipinski definition) is 1. The molecule has 3 aromatic rings. The normalized spacial score (nSPS) is 11.9. The molecular weight excluding hydrogens is 570 g/mol. The Kier molecular flexibility index (Phi) is 9.93. The van der Waals surface area contributed by atoms with Crippen LogP contribution in [0.1, 0.15) is 25.0 Å². The van der Waals surface area contributed by atoms with Crippen molar-refractivity contribution in [3.63, 3.8) is 0 Å². The molecule has 3 rings (SSSR count). The van der Waals surface area contributed by atoms with E-state index in [0.29, 0.717) is 18.0 Å². The summed E-state index contributed by atoms with van der Waals surface area (Å²) in [5.41, 5.74) is 2.01. The number of hydrogen-bond acceptors (Lipinski definition) is 5. The first kappa shape index (κ1) is 29.2. The third kappa shape index (κ3) is 7.14. The number of nitrogens with zero attached hydrogens (tertiary/aromatic N) is 2. The molecule has 0 aromatic heterocycles. The summed E-state index contributed by atoms with van der Waals surface area (Å²) in [6, 6.07) is 19.4.